The van der Waals surface area contributed by atoms with Crippen LogP contribution in [-0.2, 0) is 14.1 Å². The number of para-hydroxylation sites is 1. The molecule has 0 bridgehead atoms. The molecule has 2 heterocycles. The Morgan fingerprint density at radius 3 is 2.36 bits per heavy atom. The number of rotatable bonds is 5. The molecule has 2 aromatic carbocycles. The number of benzene rings is 2. The monoisotopic (exact) mass is 446 g/mol. The van der Waals surface area contributed by atoms with Gasteiger partial charge < -0.3 is 14.8 Å². The molecule has 0 unspecified atom stereocenters. The van der Waals surface area contributed by atoms with E-state index in [9.17, 15) is 14.4 Å². The van der Waals surface area contributed by atoms with Gasteiger partial charge in [0.25, 0.3) is 11.5 Å². The van der Waals surface area contributed by atoms with Crippen LogP contribution in [0, 0.1) is 0 Å². The first kappa shape index (κ1) is 21.8. The fourth-order valence-corrected chi connectivity index (χ4v) is 3.54. The van der Waals surface area contributed by atoms with Crippen LogP contribution < -0.4 is 26.0 Å². The van der Waals surface area contributed by atoms with Gasteiger partial charge in [-0.15, -0.1) is 0 Å². The summed E-state index contributed by atoms with van der Waals surface area (Å²) < 4.78 is 12.9. The number of pyridine rings is 1. The van der Waals surface area contributed by atoms with Gasteiger partial charge in [0.1, 0.15) is 5.82 Å². The van der Waals surface area contributed by atoms with Gasteiger partial charge in [-0.1, -0.05) is 18.2 Å². The summed E-state index contributed by atoms with van der Waals surface area (Å²) in [5.74, 6) is 0.734. The second-order valence-electron chi connectivity index (χ2n) is 7.36. The number of nitrogens with one attached hydrogen (secondary N) is 1. The molecule has 0 atom stereocenters. The van der Waals surface area contributed by atoms with E-state index in [0.29, 0.717) is 33.7 Å². The van der Waals surface area contributed by atoms with E-state index in [0.717, 1.165) is 10.1 Å². The molecule has 9 heteroatoms. The van der Waals surface area contributed by atoms with Crippen molar-refractivity contribution in [3.63, 3.8) is 0 Å². The van der Waals surface area contributed by atoms with Crippen molar-refractivity contribution >= 4 is 22.6 Å². The summed E-state index contributed by atoms with van der Waals surface area (Å²) in [6, 6.07) is 15.5. The zero-order valence-electron chi connectivity index (χ0n) is 18.6. The van der Waals surface area contributed by atoms with E-state index in [2.05, 4.69) is 5.32 Å². The van der Waals surface area contributed by atoms with Gasteiger partial charge in [0, 0.05) is 31.1 Å². The smallest absolute Gasteiger partial charge is 0.332 e. The molecule has 1 amide bonds. The quantitative estimate of drug-likeness (QED) is 0.505. The third-order valence-corrected chi connectivity index (χ3v) is 5.41. The highest BCUT2D eigenvalue weighted by Gasteiger charge is 2.17. The predicted octanol–water partition coefficient (Wildman–Crippen LogP) is 2.57. The summed E-state index contributed by atoms with van der Waals surface area (Å²) in [5.41, 5.74) is 1.19. The molecule has 0 aliphatic rings. The Hall–Kier alpha value is -4.40. The van der Waals surface area contributed by atoms with E-state index in [1.165, 1.54) is 24.7 Å². The first-order valence-electron chi connectivity index (χ1n) is 10.0. The largest absolute Gasteiger partial charge is 0.493 e. The van der Waals surface area contributed by atoms with Crippen LogP contribution in [0.5, 0.6) is 11.5 Å². The van der Waals surface area contributed by atoms with Crippen LogP contribution in [0.15, 0.2) is 64.2 Å². The average Bonchev–Trinajstić information content (AvgIpc) is 2.84. The normalized spacial score (nSPS) is 10.8. The first-order chi connectivity index (χ1) is 15.8. The average molecular weight is 446 g/mol. The zero-order chi connectivity index (χ0) is 23.7. The van der Waals surface area contributed by atoms with Crippen LogP contribution in [-0.4, -0.2) is 34.2 Å². The molecule has 0 fully saturated rings. The third-order valence-electron chi connectivity index (χ3n) is 5.41. The second-order valence-corrected chi connectivity index (χ2v) is 7.36. The van der Waals surface area contributed by atoms with Gasteiger partial charge in [-0.2, -0.15) is 0 Å². The number of amides is 1. The predicted molar refractivity (Wildman–Crippen MR) is 125 cm³/mol. The fourth-order valence-electron chi connectivity index (χ4n) is 3.54. The lowest BCUT2D eigenvalue weighted by atomic mass is 10.0. The number of ether oxygens (including phenoxy) is 2. The Labute approximate surface area is 188 Å². The maximum Gasteiger partial charge on any atom is 0.332 e. The minimum Gasteiger partial charge on any atom is -0.493 e. The standard InChI is InChI=1S/C24H22N4O5/c1-27-21(13-22(29)28(2)24(27)31)26-23(30)16-12-18(25-17-8-6-5-7-15(16)17)14-9-10-19(32-3)20(11-14)33-4/h5-13H,1-4H3,(H,26,30). The van der Waals surface area contributed by atoms with Gasteiger partial charge >= 0.3 is 5.69 Å². The molecule has 4 rings (SSSR count). The first-order valence-corrected chi connectivity index (χ1v) is 10.0. The number of anilines is 1. The van der Waals surface area contributed by atoms with Crippen molar-refractivity contribution < 1.29 is 14.3 Å². The molecule has 1 N–H and O–H groups in total. The minimum atomic E-state index is -0.539. The van der Waals surface area contributed by atoms with Crippen LogP contribution in [0.1, 0.15) is 10.4 Å². The van der Waals surface area contributed by atoms with Crippen LogP contribution in [0.2, 0.25) is 0 Å². The summed E-state index contributed by atoms with van der Waals surface area (Å²) >= 11 is 0. The molecule has 0 aliphatic heterocycles. The fraction of sp³-hybridized carbons (Fsp3) is 0.167. The van der Waals surface area contributed by atoms with Crippen LogP contribution in [0.4, 0.5) is 5.82 Å². The summed E-state index contributed by atoms with van der Waals surface area (Å²) in [6.07, 6.45) is 0. The number of carbonyl (C=O) groups excluding carboxylic acids is 1. The molecule has 9 nitrogen and oxygen atoms in total. The second kappa shape index (κ2) is 8.62. The zero-order valence-corrected chi connectivity index (χ0v) is 18.6. The number of hydrogen-bond acceptors (Lipinski definition) is 6. The third kappa shape index (κ3) is 3.96. The summed E-state index contributed by atoms with van der Waals surface area (Å²) in [4.78, 5) is 42.3. The number of fused-ring (bicyclic) bond motifs is 1. The van der Waals surface area contributed by atoms with E-state index in [1.807, 2.05) is 24.3 Å². The lowest BCUT2D eigenvalue weighted by Crippen LogP contribution is -2.38. The van der Waals surface area contributed by atoms with Crippen LogP contribution >= 0.6 is 0 Å². The van der Waals surface area contributed by atoms with E-state index in [1.54, 1.807) is 38.5 Å². The van der Waals surface area contributed by atoms with Crippen molar-refractivity contribution in [3.8, 4) is 22.8 Å². The SMILES string of the molecule is COc1ccc(-c2cc(C(=O)Nc3cc(=O)n(C)c(=O)n3C)c3ccccc3n2)cc1OC. The Morgan fingerprint density at radius 2 is 1.64 bits per heavy atom. The Kier molecular flexibility index (Phi) is 5.70. The highest BCUT2D eigenvalue weighted by Crippen LogP contribution is 2.33. The minimum absolute atomic E-state index is 0.0988. The number of methoxy groups -OCH3 is 2. The number of nitrogens with zero attached hydrogens (tertiary/aromatic N) is 3. The van der Waals surface area contributed by atoms with Crippen LogP contribution in [0.3, 0.4) is 0 Å². The maximum absolute atomic E-state index is 13.3. The topological polar surface area (TPSA) is 104 Å². The number of hydrogen-bond donors (Lipinski definition) is 1. The van der Waals surface area contributed by atoms with Crippen LogP contribution in [0.25, 0.3) is 22.2 Å². The number of aromatic nitrogens is 3. The molecule has 0 radical (unpaired) electrons. The molecule has 4 aromatic rings. The van der Waals surface area contributed by atoms with Crippen molar-refractivity contribution in [2.45, 2.75) is 0 Å². The summed E-state index contributed by atoms with van der Waals surface area (Å²) in [5, 5.41) is 3.32. The molecular weight excluding hydrogens is 424 g/mol. The van der Waals surface area contributed by atoms with E-state index in [4.69, 9.17) is 14.5 Å². The Bertz CT molecular complexity index is 1500. The van der Waals surface area contributed by atoms with Crippen molar-refractivity contribution in [2.75, 3.05) is 19.5 Å². The van der Waals surface area contributed by atoms with Gasteiger partial charge in [-0.3, -0.25) is 18.7 Å². The molecule has 0 spiro atoms. The Morgan fingerprint density at radius 1 is 0.909 bits per heavy atom. The van der Waals surface area contributed by atoms with Gasteiger partial charge in [0.2, 0.25) is 0 Å². The lowest BCUT2D eigenvalue weighted by molar-refractivity contribution is 0.102. The van der Waals surface area contributed by atoms with Gasteiger partial charge in [-0.05, 0) is 30.3 Å². The van der Waals surface area contributed by atoms with Crippen molar-refractivity contribution in [1.82, 2.24) is 14.1 Å². The number of carbonyl (C=O) groups is 1. The van der Waals surface area contributed by atoms with Gasteiger partial charge in [0.05, 0.1) is 31.0 Å². The Balaban J connectivity index is 1.84. The molecule has 2 aromatic heterocycles. The summed E-state index contributed by atoms with van der Waals surface area (Å²) in [6.45, 7) is 0. The van der Waals surface area contributed by atoms with Crippen molar-refractivity contribution in [1.29, 1.82) is 0 Å². The lowest BCUT2D eigenvalue weighted by Gasteiger charge is -2.14. The molecule has 0 saturated carbocycles. The molecule has 0 aliphatic carbocycles. The van der Waals surface area contributed by atoms with Crippen molar-refractivity contribution in [3.05, 3.63) is 81.0 Å². The molecule has 168 valence electrons. The highest BCUT2D eigenvalue weighted by molar-refractivity contribution is 6.12. The van der Waals surface area contributed by atoms with E-state index < -0.39 is 17.2 Å². The molecule has 0 saturated heterocycles. The van der Waals surface area contributed by atoms with Gasteiger partial charge in [0.15, 0.2) is 11.5 Å². The van der Waals surface area contributed by atoms with E-state index >= 15 is 0 Å². The highest BCUT2D eigenvalue weighted by atomic mass is 16.5. The molecule has 33 heavy (non-hydrogen) atoms. The van der Waals surface area contributed by atoms with Crippen molar-refractivity contribution in [2.24, 2.45) is 14.1 Å². The summed E-state index contributed by atoms with van der Waals surface area (Å²) in [7, 11) is 5.96. The molecular formula is C24H22N4O5. The van der Waals surface area contributed by atoms with E-state index in [-0.39, 0.29) is 5.82 Å². The maximum atomic E-state index is 13.3. The van der Waals surface area contributed by atoms with Gasteiger partial charge in [-0.25, -0.2) is 9.78 Å².